The Kier molecular flexibility index (Phi) is 3.88. The second-order valence-corrected chi connectivity index (χ2v) is 4.02. The van der Waals surface area contributed by atoms with Gasteiger partial charge in [0.05, 0.1) is 26.9 Å². The average molecular weight is 306 g/mol. The van der Waals surface area contributed by atoms with Crippen LogP contribution >= 0.6 is 0 Å². The van der Waals surface area contributed by atoms with Gasteiger partial charge in [0.25, 0.3) is 11.4 Å². The van der Waals surface area contributed by atoms with E-state index in [0.717, 1.165) is 0 Å². The Morgan fingerprint density at radius 1 is 0.818 bits per heavy atom. The minimum atomic E-state index is -0.931. The van der Waals surface area contributed by atoms with E-state index >= 15 is 0 Å². The zero-order chi connectivity index (χ0) is 16.3. The van der Waals surface area contributed by atoms with Crippen LogP contribution in [0.3, 0.4) is 0 Å². The molecule has 0 bridgehead atoms. The Morgan fingerprint density at radius 3 is 1.73 bits per heavy atom. The second-order valence-electron chi connectivity index (χ2n) is 4.02. The van der Waals surface area contributed by atoms with E-state index in [2.05, 4.69) is 5.43 Å². The first-order valence-corrected chi connectivity index (χ1v) is 5.74. The standard InChI is InChI=1S/C11H8N5O6/c17-14(18)8-6-9(15(19)20)11(10(7-8)16(21)22)12-13-4-2-1-3-5-13/h1-7,12H/q+1. The Morgan fingerprint density at radius 2 is 1.32 bits per heavy atom. The Labute approximate surface area is 121 Å². The van der Waals surface area contributed by atoms with Gasteiger partial charge in [0.2, 0.25) is 0 Å². The van der Waals surface area contributed by atoms with Crippen LogP contribution in [0.5, 0.6) is 0 Å². The Bertz CT molecular complexity index is 728. The Hall–Kier alpha value is -3.63. The van der Waals surface area contributed by atoms with Gasteiger partial charge in [-0.1, -0.05) is 10.7 Å². The molecule has 0 atom stereocenters. The van der Waals surface area contributed by atoms with Crippen LogP contribution in [0.25, 0.3) is 0 Å². The largest absolute Gasteiger partial charge is 0.312 e. The van der Waals surface area contributed by atoms with Crippen molar-refractivity contribution < 1.29 is 19.4 Å². The van der Waals surface area contributed by atoms with Crippen molar-refractivity contribution >= 4 is 22.7 Å². The van der Waals surface area contributed by atoms with Crippen molar-refractivity contribution in [3.05, 3.63) is 73.1 Å². The number of hydrogen-bond donors (Lipinski definition) is 1. The van der Waals surface area contributed by atoms with Crippen molar-refractivity contribution in [3.63, 3.8) is 0 Å². The summed E-state index contributed by atoms with van der Waals surface area (Å²) in [5.74, 6) is 0. The molecule has 22 heavy (non-hydrogen) atoms. The first kappa shape index (κ1) is 14.8. The van der Waals surface area contributed by atoms with Crippen LogP contribution in [0.4, 0.5) is 22.7 Å². The number of nitro benzene ring substituents is 3. The summed E-state index contributed by atoms with van der Waals surface area (Å²) in [6, 6.07) is 6.20. The van der Waals surface area contributed by atoms with Crippen LogP contribution in [0.1, 0.15) is 0 Å². The minimum Gasteiger partial charge on any atom is -0.258 e. The van der Waals surface area contributed by atoms with Crippen LogP contribution in [-0.2, 0) is 0 Å². The third-order valence-electron chi connectivity index (χ3n) is 2.64. The molecule has 0 fully saturated rings. The fraction of sp³-hybridized carbons (Fsp3) is 0. The van der Waals surface area contributed by atoms with Crippen molar-refractivity contribution in [1.82, 2.24) is 0 Å². The smallest absolute Gasteiger partial charge is 0.258 e. The van der Waals surface area contributed by atoms with E-state index in [1.165, 1.54) is 17.1 Å². The Balaban J connectivity index is 2.66. The monoisotopic (exact) mass is 306 g/mol. The van der Waals surface area contributed by atoms with Crippen molar-refractivity contribution in [2.75, 3.05) is 5.43 Å². The predicted octanol–water partition coefficient (Wildman–Crippen LogP) is 1.57. The normalized spacial score (nSPS) is 10.0. The third-order valence-corrected chi connectivity index (χ3v) is 2.64. The summed E-state index contributed by atoms with van der Waals surface area (Å²) in [6.07, 6.45) is 2.93. The molecule has 1 heterocycles. The number of rotatable bonds is 5. The van der Waals surface area contributed by atoms with Crippen LogP contribution < -0.4 is 10.1 Å². The predicted molar refractivity (Wildman–Crippen MR) is 72.1 cm³/mol. The molecule has 1 aromatic heterocycles. The lowest BCUT2D eigenvalue weighted by molar-refractivity contribution is -0.643. The van der Waals surface area contributed by atoms with Crippen LogP contribution in [0.15, 0.2) is 42.7 Å². The van der Waals surface area contributed by atoms with Gasteiger partial charge in [-0.15, -0.1) is 5.43 Å². The molecule has 0 radical (unpaired) electrons. The number of anilines is 1. The lowest BCUT2D eigenvalue weighted by Crippen LogP contribution is -2.41. The highest BCUT2D eigenvalue weighted by Crippen LogP contribution is 2.37. The molecule has 0 aliphatic rings. The topological polar surface area (TPSA) is 145 Å². The van der Waals surface area contributed by atoms with Gasteiger partial charge in [0.1, 0.15) is 0 Å². The average Bonchev–Trinajstić information content (AvgIpc) is 2.47. The van der Waals surface area contributed by atoms with E-state index in [4.69, 9.17) is 0 Å². The summed E-state index contributed by atoms with van der Waals surface area (Å²) in [6.45, 7) is 0. The highest BCUT2D eigenvalue weighted by molar-refractivity contribution is 5.76. The van der Waals surface area contributed by atoms with Crippen molar-refractivity contribution in [2.24, 2.45) is 0 Å². The summed E-state index contributed by atoms with van der Waals surface area (Å²) < 4.78 is 1.25. The number of benzene rings is 1. The number of hydrogen-bond acceptors (Lipinski definition) is 7. The zero-order valence-electron chi connectivity index (χ0n) is 10.8. The van der Waals surface area contributed by atoms with E-state index in [0.29, 0.717) is 12.1 Å². The van der Waals surface area contributed by atoms with E-state index in [1.807, 2.05) is 0 Å². The molecule has 11 heteroatoms. The van der Waals surface area contributed by atoms with Crippen LogP contribution in [-0.4, -0.2) is 14.8 Å². The molecule has 11 nitrogen and oxygen atoms in total. The molecular weight excluding hydrogens is 298 g/mol. The van der Waals surface area contributed by atoms with E-state index in [-0.39, 0.29) is 0 Å². The SMILES string of the molecule is O=[N+]([O-])c1cc([N+](=O)[O-])c(N[n+]2ccccc2)c([N+](=O)[O-])c1. The quantitative estimate of drug-likeness (QED) is 0.501. The minimum absolute atomic E-state index is 0.447. The van der Waals surface area contributed by atoms with E-state index in [1.54, 1.807) is 18.2 Å². The number of nitrogens with zero attached hydrogens (tertiary/aromatic N) is 4. The fourth-order valence-corrected chi connectivity index (χ4v) is 1.71. The number of non-ortho nitro benzene ring substituents is 1. The van der Waals surface area contributed by atoms with Gasteiger partial charge in [-0.3, -0.25) is 30.3 Å². The van der Waals surface area contributed by atoms with Crippen molar-refractivity contribution in [3.8, 4) is 0 Å². The van der Waals surface area contributed by atoms with Gasteiger partial charge >= 0.3 is 11.4 Å². The van der Waals surface area contributed by atoms with E-state index < -0.39 is 37.5 Å². The maximum absolute atomic E-state index is 11.1. The van der Waals surface area contributed by atoms with E-state index in [9.17, 15) is 30.3 Å². The number of aromatic nitrogens is 1. The molecule has 2 rings (SSSR count). The first-order valence-electron chi connectivity index (χ1n) is 5.74. The molecular formula is C11H8N5O6+. The molecule has 0 spiro atoms. The van der Waals surface area contributed by atoms with Crippen molar-refractivity contribution in [2.45, 2.75) is 0 Å². The molecule has 0 aliphatic carbocycles. The summed E-state index contributed by atoms with van der Waals surface area (Å²) in [5, 5.41) is 32.9. The second kappa shape index (κ2) is 5.78. The third kappa shape index (κ3) is 2.92. The summed E-state index contributed by atoms with van der Waals surface area (Å²) >= 11 is 0. The molecule has 1 N–H and O–H groups in total. The maximum atomic E-state index is 11.1. The van der Waals surface area contributed by atoms with Gasteiger partial charge in [-0.25, -0.2) is 0 Å². The van der Waals surface area contributed by atoms with Crippen molar-refractivity contribution in [1.29, 1.82) is 0 Å². The van der Waals surface area contributed by atoms with Gasteiger partial charge in [-0.05, 0) is 0 Å². The van der Waals surface area contributed by atoms with Gasteiger partial charge in [-0.2, -0.15) is 0 Å². The summed E-state index contributed by atoms with van der Waals surface area (Å²) in [4.78, 5) is 30.1. The lowest BCUT2D eigenvalue weighted by Gasteiger charge is -2.03. The molecule has 0 saturated heterocycles. The maximum Gasteiger partial charge on any atom is 0.312 e. The number of nitro groups is 3. The van der Waals surface area contributed by atoms with Gasteiger partial charge in [0.15, 0.2) is 12.4 Å². The van der Waals surface area contributed by atoms with Gasteiger partial charge < -0.3 is 0 Å². The number of nitrogens with one attached hydrogen (secondary N) is 1. The summed E-state index contributed by atoms with van der Waals surface area (Å²) in [5.41, 5.74) is -0.234. The molecule has 112 valence electrons. The fourth-order valence-electron chi connectivity index (χ4n) is 1.71. The first-order chi connectivity index (χ1) is 10.4. The lowest BCUT2D eigenvalue weighted by atomic mass is 10.2. The molecule has 2 aromatic rings. The van der Waals surface area contributed by atoms with Crippen LogP contribution in [0.2, 0.25) is 0 Å². The zero-order valence-corrected chi connectivity index (χ0v) is 10.8. The molecule has 1 aromatic carbocycles. The molecule has 0 saturated carbocycles. The summed E-state index contributed by atoms with van der Waals surface area (Å²) in [7, 11) is 0. The number of pyridine rings is 1. The highest BCUT2D eigenvalue weighted by Gasteiger charge is 2.32. The highest BCUT2D eigenvalue weighted by atomic mass is 16.6. The molecule has 0 amide bonds. The molecule has 0 aliphatic heterocycles. The molecule has 0 unspecified atom stereocenters. The van der Waals surface area contributed by atoms with Gasteiger partial charge in [0, 0.05) is 12.1 Å². The van der Waals surface area contributed by atoms with Crippen LogP contribution in [0, 0.1) is 30.3 Å².